The average molecular weight is 273 g/mol. The van der Waals surface area contributed by atoms with Crippen LogP contribution in [0.5, 0.6) is 0 Å². The van der Waals surface area contributed by atoms with Gasteiger partial charge in [-0.2, -0.15) is 0 Å². The molecule has 1 nitrogen and oxygen atoms in total. The van der Waals surface area contributed by atoms with Crippen LogP contribution in [0.25, 0.3) is 0 Å². The monoisotopic (exact) mass is 273 g/mol. The van der Waals surface area contributed by atoms with E-state index >= 15 is 0 Å². The smallest absolute Gasteiger partial charge is 0.0678 e. The predicted molar refractivity (Wildman–Crippen MR) is 85.2 cm³/mol. The minimum absolute atomic E-state index is 0.325. The molecular formula is C17H23NS. The molecule has 0 saturated carbocycles. The molecule has 2 aromatic rings. The maximum Gasteiger partial charge on any atom is 0.0678 e. The van der Waals surface area contributed by atoms with Crippen LogP contribution in [0, 0.1) is 27.7 Å². The van der Waals surface area contributed by atoms with Gasteiger partial charge in [0.2, 0.25) is 0 Å². The Bertz CT molecular complexity index is 545. The van der Waals surface area contributed by atoms with Crippen LogP contribution in [0.3, 0.4) is 0 Å². The molecule has 1 aromatic heterocycles. The van der Waals surface area contributed by atoms with Crippen molar-refractivity contribution in [3.63, 3.8) is 0 Å². The van der Waals surface area contributed by atoms with E-state index in [1.807, 2.05) is 11.3 Å². The fourth-order valence-electron chi connectivity index (χ4n) is 2.86. The van der Waals surface area contributed by atoms with Crippen molar-refractivity contribution < 1.29 is 0 Å². The Kier molecular flexibility index (Phi) is 4.43. The lowest BCUT2D eigenvalue weighted by Crippen LogP contribution is -2.23. The van der Waals surface area contributed by atoms with Gasteiger partial charge >= 0.3 is 0 Å². The number of rotatable bonds is 4. The number of aryl methyl sites for hydroxylation is 4. The van der Waals surface area contributed by atoms with Crippen molar-refractivity contribution in [2.75, 3.05) is 6.54 Å². The average Bonchev–Trinajstić information content (AvgIpc) is 2.73. The van der Waals surface area contributed by atoms with Gasteiger partial charge in [-0.3, -0.25) is 0 Å². The summed E-state index contributed by atoms with van der Waals surface area (Å²) in [6.45, 7) is 12.0. The first kappa shape index (κ1) is 14.3. The highest BCUT2D eigenvalue weighted by molar-refractivity contribution is 7.10. The van der Waals surface area contributed by atoms with E-state index in [4.69, 9.17) is 0 Å². The summed E-state index contributed by atoms with van der Waals surface area (Å²) >= 11 is 1.85. The molecule has 0 radical (unpaired) electrons. The molecule has 0 aliphatic carbocycles. The molecule has 1 atom stereocenters. The summed E-state index contributed by atoms with van der Waals surface area (Å²) in [6.07, 6.45) is 0. The van der Waals surface area contributed by atoms with Gasteiger partial charge in [0.25, 0.3) is 0 Å². The third-order valence-corrected chi connectivity index (χ3v) is 4.68. The van der Waals surface area contributed by atoms with Gasteiger partial charge in [-0.05, 0) is 67.9 Å². The first-order chi connectivity index (χ1) is 9.04. The highest BCUT2D eigenvalue weighted by Crippen LogP contribution is 2.33. The van der Waals surface area contributed by atoms with Crippen molar-refractivity contribution in [1.29, 1.82) is 0 Å². The zero-order valence-electron chi connectivity index (χ0n) is 12.5. The third-order valence-electron chi connectivity index (χ3n) is 3.60. The molecule has 2 rings (SSSR count). The van der Waals surface area contributed by atoms with Gasteiger partial charge in [0.05, 0.1) is 6.04 Å². The molecule has 0 saturated heterocycles. The fourth-order valence-corrected chi connectivity index (χ4v) is 3.87. The number of thiophene rings is 1. The highest BCUT2D eigenvalue weighted by atomic mass is 32.1. The maximum absolute atomic E-state index is 3.65. The topological polar surface area (TPSA) is 12.0 Å². The lowest BCUT2D eigenvalue weighted by atomic mass is 9.92. The lowest BCUT2D eigenvalue weighted by Gasteiger charge is -2.23. The summed E-state index contributed by atoms with van der Waals surface area (Å²) in [5.74, 6) is 0. The van der Waals surface area contributed by atoms with Gasteiger partial charge in [-0.15, -0.1) is 11.3 Å². The predicted octanol–water partition coefficient (Wildman–Crippen LogP) is 4.68. The van der Waals surface area contributed by atoms with Crippen LogP contribution in [-0.4, -0.2) is 6.54 Å². The van der Waals surface area contributed by atoms with Crippen LogP contribution in [0.2, 0.25) is 0 Å². The Labute approximate surface area is 120 Å². The van der Waals surface area contributed by atoms with Crippen molar-refractivity contribution in [1.82, 2.24) is 5.32 Å². The summed E-state index contributed by atoms with van der Waals surface area (Å²) in [5.41, 5.74) is 6.94. The Morgan fingerprint density at radius 3 is 2.16 bits per heavy atom. The van der Waals surface area contributed by atoms with Gasteiger partial charge in [-0.1, -0.05) is 24.6 Å². The third kappa shape index (κ3) is 2.90. The first-order valence-electron chi connectivity index (χ1n) is 6.89. The van der Waals surface area contributed by atoms with Crippen molar-refractivity contribution >= 4 is 11.3 Å². The quantitative estimate of drug-likeness (QED) is 0.853. The lowest BCUT2D eigenvalue weighted by molar-refractivity contribution is 0.631. The summed E-state index contributed by atoms with van der Waals surface area (Å²) in [4.78, 5) is 1.44. The maximum atomic E-state index is 3.65. The van der Waals surface area contributed by atoms with Gasteiger partial charge in [-0.25, -0.2) is 0 Å². The van der Waals surface area contributed by atoms with Gasteiger partial charge < -0.3 is 5.32 Å². The number of hydrogen-bond acceptors (Lipinski definition) is 2. The van der Waals surface area contributed by atoms with E-state index in [-0.39, 0.29) is 0 Å². The summed E-state index contributed by atoms with van der Waals surface area (Å²) < 4.78 is 0. The molecule has 0 aliphatic rings. The molecule has 1 N–H and O–H groups in total. The van der Waals surface area contributed by atoms with E-state index in [0.717, 1.165) is 6.54 Å². The zero-order valence-corrected chi connectivity index (χ0v) is 13.3. The van der Waals surface area contributed by atoms with Gasteiger partial charge in [0.15, 0.2) is 0 Å². The molecule has 1 unspecified atom stereocenters. The van der Waals surface area contributed by atoms with Crippen LogP contribution in [0.1, 0.15) is 45.7 Å². The molecular weight excluding hydrogens is 250 g/mol. The minimum Gasteiger partial charge on any atom is -0.306 e. The van der Waals surface area contributed by atoms with E-state index in [0.29, 0.717) is 6.04 Å². The molecule has 1 heterocycles. The van der Waals surface area contributed by atoms with Crippen LogP contribution < -0.4 is 5.32 Å². The Morgan fingerprint density at radius 1 is 1.05 bits per heavy atom. The van der Waals surface area contributed by atoms with E-state index < -0.39 is 0 Å². The number of benzene rings is 1. The van der Waals surface area contributed by atoms with Crippen LogP contribution in [-0.2, 0) is 0 Å². The Hall–Kier alpha value is -1.12. The number of nitrogens with one attached hydrogen (secondary N) is 1. The molecule has 0 amide bonds. The second kappa shape index (κ2) is 5.89. The van der Waals surface area contributed by atoms with Crippen molar-refractivity contribution in [3.05, 3.63) is 56.3 Å². The SMILES string of the molecule is CCNC(c1sccc1C)c1c(C)cc(C)cc1C. The molecule has 102 valence electrons. The van der Waals surface area contributed by atoms with Gasteiger partial charge in [0, 0.05) is 4.88 Å². The second-order valence-electron chi connectivity index (χ2n) is 5.27. The second-order valence-corrected chi connectivity index (χ2v) is 6.22. The normalized spacial score (nSPS) is 12.7. The first-order valence-corrected chi connectivity index (χ1v) is 7.77. The van der Waals surface area contributed by atoms with Crippen molar-refractivity contribution in [3.8, 4) is 0 Å². The van der Waals surface area contributed by atoms with Crippen LogP contribution in [0.15, 0.2) is 23.6 Å². The molecule has 0 bridgehead atoms. The van der Waals surface area contributed by atoms with Crippen LogP contribution in [0.4, 0.5) is 0 Å². The van der Waals surface area contributed by atoms with Crippen LogP contribution >= 0.6 is 11.3 Å². The molecule has 0 fully saturated rings. The van der Waals surface area contributed by atoms with Crippen molar-refractivity contribution in [2.24, 2.45) is 0 Å². The molecule has 2 heteroatoms. The molecule has 19 heavy (non-hydrogen) atoms. The van der Waals surface area contributed by atoms with E-state index in [9.17, 15) is 0 Å². The highest BCUT2D eigenvalue weighted by Gasteiger charge is 2.20. The van der Waals surface area contributed by atoms with E-state index in [1.54, 1.807) is 0 Å². The number of hydrogen-bond donors (Lipinski definition) is 1. The zero-order chi connectivity index (χ0) is 14.0. The minimum atomic E-state index is 0.325. The summed E-state index contributed by atoms with van der Waals surface area (Å²) in [6, 6.07) is 7.11. The van der Waals surface area contributed by atoms with Crippen molar-refractivity contribution in [2.45, 2.75) is 40.7 Å². The summed E-state index contributed by atoms with van der Waals surface area (Å²) in [7, 11) is 0. The fraction of sp³-hybridized carbons (Fsp3) is 0.412. The molecule has 0 aliphatic heterocycles. The van der Waals surface area contributed by atoms with E-state index in [1.165, 1.54) is 32.7 Å². The molecule has 0 spiro atoms. The Balaban J connectivity index is 2.54. The molecule has 1 aromatic carbocycles. The summed E-state index contributed by atoms with van der Waals surface area (Å²) in [5, 5.41) is 5.84. The largest absolute Gasteiger partial charge is 0.306 e. The standard InChI is InChI=1S/C17H23NS/c1-6-18-16(17-12(3)7-8-19-17)15-13(4)9-11(2)10-14(15)5/h7-10,16,18H,6H2,1-5H3. The van der Waals surface area contributed by atoms with Gasteiger partial charge in [0.1, 0.15) is 0 Å². The Morgan fingerprint density at radius 2 is 1.68 bits per heavy atom. The van der Waals surface area contributed by atoms with E-state index in [2.05, 4.69) is 63.5 Å².